The zero-order chi connectivity index (χ0) is 49.6. The largest absolute Gasteiger partial charge is 0.490 e. The topological polar surface area (TPSA) is 156 Å². The lowest BCUT2D eigenvalue weighted by Crippen LogP contribution is -2.41. The molecule has 16 heteroatoms. The average Bonchev–Trinajstić information content (AvgIpc) is 3.41. The Morgan fingerprint density at radius 3 is 1.86 bits per heavy atom. The van der Waals surface area contributed by atoms with Crippen molar-refractivity contribution in [3.8, 4) is 11.5 Å². The Morgan fingerprint density at radius 1 is 0.844 bits per heavy atom. The summed E-state index contributed by atoms with van der Waals surface area (Å²) < 4.78 is 44.5. The fraction of sp³-hybridized carbons (Fsp3) is 0.521. The fourth-order valence-corrected chi connectivity index (χ4v) is 7.20. The highest BCUT2D eigenvalue weighted by Gasteiger charge is 2.52. The van der Waals surface area contributed by atoms with Crippen LogP contribution in [-0.4, -0.2) is 88.0 Å². The van der Waals surface area contributed by atoms with Crippen molar-refractivity contribution in [3.05, 3.63) is 119 Å². The van der Waals surface area contributed by atoms with Crippen LogP contribution in [0.25, 0.3) is 5.57 Å². The summed E-state index contributed by atoms with van der Waals surface area (Å²) in [6.45, 7) is 27.5. The van der Waals surface area contributed by atoms with Gasteiger partial charge in [-0.3, -0.25) is 25.1 Å². The van der Waals surface area contributed by atoms with Gasteiger partial charge in [0.2, 0.25) is 0 Å². The molecule has 1 fully saturated rings. The second-order valence-electron chi connectivity index (χ2n) is 18.5. The summed E-state index contributed by atoms with van der Waals surface area (Å²) in [6, 6.07) is 16.6. The molecule has 0 N–H and O–H groups in total. The van der Waals surface area contributed by atoms with E-state index in [9.17, 15) is 25.0 Å². The number of nitro groups is 2. The molecule has 0 aliphatic carbocycles. The van der Waals surface area contributed by atoms with E-state index in [2.05, 4.69) is 51.2 Å². The average molecular weight is 952 g/mol. The molecule has 1 amide bonds. The van der Waals surface area contributed by atoms with E-state index in [-0.39, 0.29) is 47.3 Å². The number of hydrogen-bond acceptors (Lipinski definition) is 11. The third kappa shape index (κ3) is 14.6. The number of aryl methyl sites for hydroxylation is 2. The maximum atomic E-state index is 12.1. The molecule has 3 aromatic rings. The zero-order valence-corrected chi connectivity index (χ0v) is 41.2. The summed E-state index contributed by atoms with van der Waals surface area (Å²) in [5.41, 5.74) is 4.79. The molecule has 3 aromatic carbocycles. The van der Waals surface area contributed by atoms with Crippen LogP contribution in [0.4, 0.5) is 16.2 Å². The Bertz CT molecular complexity index is 2270. The molecule has 6 rings (SSSR count). The number of benzene rings is 3. The van der Waals surface area contributed by atoms with E-state index in [1.165, 1.54) is 37.1 Å². The molecule has 0 spiro atoms. The molecular formula is C48H66BBrN4O10. The van der Waals surface area contributed by atoms with Crippen LogP contribution in [0.1, 0.15) is 114 Å². The standard InChI is InChI=1S/C22H26N2O3.C16H28BNO4.C10H12BrNO3/c1-16(2)27-22-14-20(17(3)13-21(22)24(25)26)19-9-11-23(12-10-19)15-18-7-5-4-6-8-18;1-14(2,3)20-13(19)18-10-8-12(9-11-18)17-21-15(4,5)16(6,7)22-17;1-6(2)15-10-5-8(11)7(3)4-9(10)12(13)14/h4-9,13-14,16H,10-12,15H2,1-3H3;8H,9-11H2,1-7H3;4-6H,1-3H3/i16D;;6D. The Labute approximate surface area is 390 Å². The minimum atomic E-state index is -1.25. The molecule has 14 nitrogen and oxygen atoms in total. The van der Waals surface area contributed by atoms with Crippen molar-refractivity contribution >= 4 is 46.1 Å². The van der Waals surface area contributed by atoms with Crippen LogP contribution in [-0.2, 0) is 20.6 Å². The predicted molar refractivity (Wildman–Crippen MR) is 256 cm³/mol. The Balaban J connectivity index is 0.000000225. The predicted octanol–water partition coefficient (Wildman–Crippen LogP) is 11.6. The number of ether oxygens (including phenoxy) is 3. The van der Waals surface area contributed by atoms with Gasteiger partial charge in [-0.2, -0.15) is 0 Å². The van der Waals surface area contributed by atoms with Crippen molar-refractivity contribution in [2.45, 2.75) is 138 Å². The Kier molecular flexibility index (Phi) is 16.7. The lowest BCUT2D eigenvalue weighted by Gasteiger charge is -2.32. The lowest BCUT2D eigenvalue weighted by molar-refractivity contribution is -0.386. The molecule has 3 aliphatic heterocycles. The van der Waals surface area contributed by atoms with Gasteiger partial charge in [0.05, 0.1) is 36.0 Å². The van der Waals surface area contributed by atoms with Crippen LogP contribution in [0, 0.1) is 34.1 Å². The summed E-state index contributed by atoms with van der Waals surface area (Å²) in [4.78, 5) is 37.4. The quantitative estimate of drug-likeness (QED) is 0.108. The van der Waals surface area contributed by atoms with E-state index in [4.69, 9.17) is 26.3 Å². The van der Waals surface area contributed by atoms with E-state index in [0.29, 0.717) is 13.1 Å². The van der Waals surface area contributed by atoms with Crippen LogP contribution >= 0.6 is 15.9 Å². The third-order valence-corrected chi connectivity index (χ3v) is 11.8. The number of nitro benzene ring substituents is 2. The van der Waals surface area contributed by atoms with Crippen molar-refractivity contribution in [2.75, 3.05) is 26.2 Å². The summed E-state index contributed by atoms with van der Waals surface area (Å²) in [5.74, 6) is 0.251. The first kappa shape index (κ1) is 48.7. The van der Waals surface area contributed by atoms with E-state index < -0.39 is 27.6 Å². The Hall–Kier alpha value is -4.77. The van der Waals surface area contributed by atoms with Gasteiger partial charge in [0.1, 0.15) is 5.60 Å². The molecule has 0 saturated carbocycles. The van der Waals surface area contributed by atoms with Gasteiger partial charge >= 0.3 is 24.6 Å². The first-order valence-electron chi connectivity index (χ1n) is 22.4. The molecule has 0 unspecified atom stereocenters. The molecule has 0 atom stereocenters. The van der Waals surface area contributed by atoms with Gasteiger partial charge < -0.3 is 28.4 Å². The van der Waals surface area contributed by atoms with Crippen molar-refractivity contribution in [1.82, 2.24) is 9.80 Å². The fourth-order valence-electron chi connectivity index (χ4n) is 6.88. The van der Waals surface area contributed by atoms with E-state index >= 15 is 0 Å². The summed E-state index contributed by atoms with van der Waals surface area (Å²) in [5, 5.41) is 22.2. The number of halogens is 1. The molecule has 3 aliphatic rings. The van der Waals surface area contributed by atoms with Gasteiger partial charge in [-0.25, -0.2) is 4.79 Å². The monoisotopic (exact) mass is 950 g/mol. The number of rotatable bonds is 10. The van der Waals surface area contributed by atoms with E-state index in [0.717, 1.165) is 59.1 Å². The van der Waals surface area contributed by atoms with Gasteiger partial charge in [0, 0.05) is 55.4 Å². The van der Waals surface area contributed by atoms with Crippen molar-refractivity contribution in [2.24, 2.45) is 0 Å². The highest BCUT2D eigenvalue weighted by Crippen LogP contribution is 2.40. The molecular weight excluding hydrogens is 883 g/mol. The normalized spacial score (nSPS) is 17.8. The van der Waals surface area contributed by atoms with Gasteiger partial charge in [0.15, 0.2) is 11.5 Å². The van der Waals surface area contributed by atoms with Crippen LogP contribution in [0.3, 0.4) is 0 Å². The minimum Gasteiger partial charge on any atom is -0.484 e. The molecule has 0 bridgehead atoms. The lowest BCUT2D eigenvalue weighted by atomic mass is 9.75. The zero-order valence-electron chi connectivity index (χ0n) is 41.6. The van der Waals surface area contributed by atoms with E-state index in [1.54, 1.807) is 37.8 Å². The maximum Gasteiger partial charge on any atom is 0.490 e. The minimum absolute atomic E-state index is 0.0938. The molecule has 64 heavy (non-hydrogen) atoms. The van der Waals surface area contributed by atoms with Gasteiger partial charge in [-0.15, -0.1) is 0 Å². The Morgan fingerprint density at radius 2 is 1.39 bits per heavy atom. The van der Waals surface area contributed by atoms with Gasteiger partial charge in [0.25, 0.3) is 0 Å². The van der Waals surface area contributed by atoms with Crippen molar-refractivity contribution < 1.29 is 40.9 Å². The molecule has 348 valence electrons. The van der Waals surface area contributed by atoms with Crippen molar-refractivity contribution in [3.63, 3.8) is 0 Å². The van der Waals surface area contributed by atoms with Crippen LogP contribution in [0.2, 0.25) is 0 Å². The van der Waals surface area contributed by atoms with Crippen molar-refractivity contribution in [1.29, 1.82) is 0 Å². The number of nitrogens with zero attached hydrogens (tertiary/aromatic N) is 4. The smallest absolute Gasteiger partial charge is 0.484 e. The second kappa shape index (κ2) is 21.9. The van der Waals surface area contributed by atoms with Gasteiger partial charge in [-0.1, -0.05) is 58.4 Å². The number of hydrogen-bond donors (Lipinski definition) is 0. The second-order valence-corrected chi connectivity index (χ2v) is 19.3. The first-order chi connectivity index (χ1) is 30.3. The number of carbonyl (C=O) groups is 1. The summed E-state index contributed by atoms with van der Waals surface area (Å²) in [6.07, 6.45) is 3.11. The maximum absolute atomic E-state index is 12.1. The SMILES string of the molecule is CC(C)(C)OC(=O)N1CC=C(B2OC(C)(C)C(C)(C)O2)CC1.[2H]C(C)(C)Oc1cc(Br)c(C)cc1[N+](=O)[O-].[2H]C(C)(C)Oc1cc(C2=CCN(Cc3ccccc3)CC2)c(C)cc1[N+](=O)[O-]. The molecule has 1 saturated heterocycles. The van der Waals surface area contributed by atoms with Crippen LogP contribution in [0.5, 0.6) is 11.5 Å². The first-order valence-corrected chi connectivity index (χ1v) is 22.2. The van der Waals surface area contributed by atoms with Crippen LogP contribution < -0.4 is 9.47 Å². The third-order valence-electron chi connectivity index (χ3n) is 10.9. The highest BCUT2D eigenvalue weighted by molar-refractivity contribution is 9.10. The summed E-state index contributed by atoms with van der Waals surface area (Å²) >= 11 is 3.27. The van der Waals surface area contributed by atoms with E-state index in [1.807, 2.05) is 67.5 Å². The number of amides is 1. The number of carbonyl (C=O) groups excluding carboxylic acids is 1. The summed E-state index contributed by atoms with van der Waals surface area (Å²) in [7, 11) is -0.314. The molecule has 3 heterocycles. The van der Waals surface area contributed by atoms with Gasteiger partial charge in [-0.05, 0) is 142 Å². The van der Waals surface area contributed by atoms with Crippen LogP contribution in [0.15, 0.2) is 76.7 Å². The molecule has 0 radical (unpaired) electrons. The highest BCUT2D eigenvalue weighted by atomic mass is 79.9. The molecule has 0 aromatic heterocycles.